The molecule has 7 rings (SSSR count). The third-order valence-corrected chi connectivity index (χ3v) is 13.8. The van der Waals surface area contributed by atoms with E-state index in [0.717, 1.165) is 30.3 Å². The lowest BCUT2D eigenvalue weighted by Gasteiger charge is -2.17. The molecule has 24 heteroatoms. The molecule has 1 heterocycles. The first-order valence-corrected chi connectivity index (χ1v) is 27.5. The summed E-state index contributed by atoms with van der Waals surface area (Å²) in [5.41, 5.74) is -0.584. The number of carbonyl (C=O) groups excluding carboxylic acids is 3. The maximum atomic E-state index is 14.4. The van der Waals surface area contributed by atoms with Gasteiger partial charge in [-0.3, -0.25) is 14.4 Å². The molecule has 0 aliphatic carbocycles. The summed E-state index contributed by atoms with van der Waals surface area (Å²) in [4.78, 5) is 37.1. The number of ketones is 3. The minimum atomic E-state index is -1.22. The van der Waals surface area contributed by atoms with E-state index < -0.39 is 114 Å². The molecule has 1 aliphatic rings. The summed E-state index contributed by atoms with van der Waals surface area (Å²) in [5.74, 6) is -11.2. The Kier molecular flexibility index (Phi) is 26.6. The van der Waals surface area contributed by atoms with Crippen LogP contribution in [0.5, 0.6) is 0 Å². The van der Waals surface area contributed by atoms with Crippen LogP contribution < -0.4 is 0 Å². The summed E-state index contributed by atoms with van der Waals surface area (Å²) >= 11 is 5.80. The molecule has 81 heavy (non-hydrogen) atoms. The Bertz CT molecular complexity index is 3040. The van der Waals surface area contributed by atoms with Crippen LogP contribution in [-0.4, -0.2) is 121 Å². The van der Waals surface area contributed by atoms with Gasteiger partial charge in [0.1, 0.15) is 55.6 Å². The van der Waals surface area contributed by atoms with E-state index in [0.29, 0.717) is 17.3 Å². The van der Waals surface area contributed by atoms with Crippen molar-refractivity contribution >= 4 is 85.1 Å². The molecule has 0 spiro atoms. The predicted molar refractivity (Wildman–Crippen MR) is 301 cm³/mol. The molecule has 0 aromatic heterocycles. The average Bonchev–Trinajstić information content (AvgIpc) is 3.95. The normalized spacial score (nSPS) is 14.4. The zero-order valence-corrected chi connectivity index (χ0v) is 49.4. The van der Waals surface area contributed by atoms with Crippen molar-refractivity contribution in [3.8, 4) is 0 Å². The number of Topliss-reactive ketones (excluding diaryl/α,β-unsaturated/α-hetero) is 3. The van der Waals surface area contributed by atoms with E-state index in [-0.39, 0.29) is 102 Å². The topological polar surface area (TPSA) is 178 Å². The van der Waals surface area contributed by atoms with Crippen molar-refractivity contribution in [3.63, 3.8) is 0 Å². The molecular weight excluding hydrogens is 1430 g/mol. The minimum absolute atomic E-state index is 0.0363. The van der Waals surface area contributed by atoms with Gasteiger partial charge in [-0.2, -0.15) is 0 Å². The lowest BCUT2D eigenvalue weighted by Crippen LogP contribution is -2.25. The number of rotatable bonds is 23. The Balaban J connectivity index is 0.000000224. The number of hydrogen-bond donors (Lipinski definition) is 4. The number of carbonyl (C=O) groups is 3. The van der Waals surface area contributed by atoms with E-state index >= 15 is 0 Å². The highest BCUT2D eigenvalue weighted by Crippen LogP contribution is 2.28. The van der Waals surface area contributed by atoms with Gasteiger partial charge in [0.2, 0.25) is 0 Å². The van der Waals surface area contributed by atoms with Crippen molar-refractivity contribution in [2.75, 3.05) is 59.5 Å². The monoisotopic (exact) mass is 1480 g/mol. The highest BCUT2D eigenvalue weighted by atomic mass is 127. The van der Waals surface area contributed by atoms with Gasteiger partial charge in [0.05, 0.1) is 39.6 Å². The molecule has 1 fully saturated rings. The van der Waals surface area contributed by atoms with Crippen LogP contribution >= 0.6 is 67.8 Å². The van der Waals surface area contributed by atoms with Gasteiger partial charge in [0, 0.05) is 63.4 Å². The molecule has 436 valence electrons. The lowest BCUT2D eigenvalue weighted by molar-refractivity contribution is -0.144. The molecule has 0 unspecified atom stereocenters. The summed E-state index contributed by atoms with van der Waals surface area (Å²) in [5, 5.41) is 35.8. The molecule has 6 aromatic carbocycles. The molecule has 0 saturated carbocycles. The quantitative estimate of drug-likeness (QED) is 0.0272. The van der Waals surface area contributed by atoms with Gasteiger partial charge in [-0.15, -0.1) is 0 Å². The highest BCUT2D eigenvalue weighted by molar-refractivity contribution is 14.1. The first-order chi connectivity index (χ1) is 38.3. The Morgan fingerprint density at radius 2 is 0.840 bits per heavy atom. The van der Waals surface area contributed by atoms with Crippen LogP contribution in [0.3, 0.4) is 0 Å². The van der Waals surface area contributed by atoms with Gasteiger partial charge in [0.25, 0.3) is 0 Å². The van der Waals surface area contributed by atoms with Gasteiger partial charge < -0.3 is 44.1 Å². The fraction of sp³-hybridized carbons (Fsp3) is 0.316. The Hall–Kier alpha value is -4.47. The predicted octanol–water partition coefficient (Wildman–Crippen LogP) is 10.4. The van der Waals surface area contributed by atoms with Crippen molar-refractivity contribution in [1.82, 2.24) is 0 Å². The van der Waals surface area contributed by atoms with Crippen LogP contribution in [0.25, 0.3) is 0 Å². The minimum Gasteiger partial charge on any atom is -0.394 e. The third kappa shape index (κ3) is 20.1. The van der Waals surface area contributed by atoms with Crippen LogP contribution in [-0.2, 0) is 42.9 Å². The summed E-state index contributed by atoms with van der Waals surface area (Å²) in [6.07, 6.45) is -3.45. The third-order valence-electron chi connectivity index (χ3n) is 11.7. The second-order valence-corrected chi connectivity index (χ2v) is 22.1. The van der Waals surface area contributed by atoms with Gasteiger partial charge in [-0.1, -0.05) is 18.2 Å². The van der Waals surface area contributed by atoms with Crippen LogP contribution in [0.2, 0.25) is 0 Å². The number of benzene rings is 6. The SMILES string of the molecule is CC1(C)OC[C@H](COCC(=O)c2ccc(F)c(F)c2Cc2ccc(I)cc2F)O1.O=C(COC[C@H](O)CO)c1ccc(F)c(F)c1Cc1ccc(I)cc1F.O=C(COC[C@H](O)CO)c1ccc(F)c(F)c1Cc1ccc(I)cc1F. The van der Waals surface area contributed by atoms with Crippen LogP contribution in [0.1, 0.15) is 78.3 Å². The zero-order chi connectivity index (χ0) is 59.7. The average molecular weight is 1480 g/mol. The van der Waals surface area contributed by atoms with Gasteiger partial charge in [0.15, 0.2) is 58.0 Å². The molecule has 1 saturated heterocycles. The number of aliphatic hydroxyl groups is 4. The molecular formula is C57H52F9I3O12. The fourth-order valence-corrected chi connectivity index (χ4v) is 9.05. The fourth-order valence-electron chi connectivity index (χ4n) is 7.69. The number of halogens is 12. The van der Waals surface area contributed by atoms with Gasteiger partial charge >= 0.3 is 0 Å². The number of aliphatic hydroxyl groups excluding tert-OH is 4. The molecule has 0 radical (unpaired) electrons. The largest absolute Gasteiger partial charge is 0.394 e. The molecule has 4 N–H and O–H groups in total. The molecule has 3 atom stereocenters. The first kappa shape index (κ1) is 67.3. The summed E-state index contributed by atoms with van der Waals surface area (Å²) in [6, 6.07) is 19.1. The lowest BCUT2D eigenvalue weighted by atomic mass is 9.96. The van der Waals surface area contributed by atoms with E-state index in [1.54, 1.807) is 32.0 Å². The van der Waals surface area contributed by atoms with E-state index in [1.165, 1.54) is 42.5 Å². The summed E-state index contributed by atoms with van der Waals surface area (Å²) in [6.45, 7) is 1.05. The van der Waals surface area contributed by atoms with Crippen molar-refractivity contribution in [2.45, 2.75) is 57.2 Å². The van der Waals surface area contributed by atoms with Gasteiger partial charge in [-0.25, -0.2) is 39.5 Å². The molecule has 1 aliphatic heterocycles. The second-order valence-electron chi connectivity index (χ2n) is 18.3. The van der Waals surface area contributed by atoms with Crippen molar-refractivity contribution in [3.05, 3.63) is 204 Å². The molecule has 0 amide bonds. The van der Waals surface area contributed by atoms with Gasteiger partial charge in [-0.05, 0) is 171 Å². The second kappa shape index (κ2) is 32.0. The Morgan fingerprint density at radius 3 is 1.12 bits per heavy atom. The van der Waals surface area contributed by atoms with Crippen molar-refractivity contribution in [1.29, 1.82) is 0 Å². The molecule has 0 bridgehead atoms. The van der Waals surface area contributed by atoms with Crippen molar-refractivity contribution < 1.29 is 98.0 Å². The van der Waals surface area contributed by atoms with E-state index in [2.05, 4.69) is 0 Å². The number of hydrogen-bond acceptors (Lipinski definition) is 12. The Labute approximate surface area is 500 Å². The molecule has 12 nitrogen and oxygen atoms in total. The Morgan fingerprint density at radius 1 is 0.519 bits per heavy atom. The maximum Gasteiger partial charge on any atom is 0.188 e. The van der Waals surface area contributed by atoms with E-state index in [4.69, 9.17) is 33.9 Å². The zero-order valence-electron chi connectivity index (χ0n) is 43.0. The smallest absolute Gasteiger partial charge is 0.188 e. The first-order valence-electron chi connectivity index (χ1n) is 24.3. The van der Waals surface area contributed by atoms with E-state index in [1.807, 2.05) is 67.8 Å². The van der Waals surface area contributed by atoms with E-state index in [9.17, 15) is 64.1 Å². The van der Waals surface area contributed by atoms with Crippen molar-refractivity contribution in [2.24, 2.45) is 0 Å². The highest BCUT2D eigenvalue weighted by Gasteiger charge is 2.33. The number of ether oxygens (including phenoxy) is 5. The standard InChI is InChI=1S/C21H20F3IO4.2C18H16F3IO4/c1-21(2)28-10-14(29-21)9-27-11-19(26)15-5-6-17(22)20(24)16(15)7-12-3-4-13(25)8-18(12)23;2*19-15-4-3-13(17(25)9-26-8-12(24)7-23)14(18(15)21)5-10-1-2-11(22)6-16(10)20/h3-6,8,14H,7,9-11H2,1-2H3;2*1-4,6,12,23-24H,5,7-9H2/t14-;2*12-/m011/s1. The van der Waals surface area contributed by atoms with Crippen LogP contribution in [0.4, 0.5) is 39.5 Å². The van der Waals surface area contributed by atoms with Crippen LogP contribution in [0, 0.1) is 63.1 Å². The molecule has 6 aromatic rings. The summed E-state index contributed by atoms with van der Waals surface area (Å²) < 4.78 is 155. The maximum absolute atomic E-state index is 14.4. The van der Waals surface area contributed by atoms with Crippen LogP contribution in [0.15, 0.2) is 91.0 Å². The summed E-state index contributed by atoms with van der Waals surface area (Å²) in [7, 11) is 0.